The molecule has 0 saturated carbocycles. The highest BCUT2D eigenvalue weighted by atomic mass is 16.1. The van der Waals surface area contributed by atoms with E-state index < -0.39 is 0 Å². The maximum absolute atomic E-state index is 13.8. The number of hydrazone groups is 1. The molecule has 0 aliphatic carbocycles. The first-order valence-corrected chi connectivity index (χ1v) is 15.4. The SMILES string of the molecule is CCCc1cc(C)[nH]c(=O)c1CNC(=O)c1cc(C2C=NN(CCN3CCCCC3)C2)cc2c1c(C)cn2C(C)C. The largest absolute Gasteiger partial charge is 0.348 e. The molecule has 8 heteroatoms. The van der Waals surface area contributed by atoms with Crippen molar-refractivity contribution in [2.45, 2.75) is 85.2 Å². The average Bonchev–Trinajstić information content (AvgIpc) is 3.56. The van der Waals surface area contributed by atoms with Gasteiger partial charge in [-0.15, -0.1) is 0 Å². The molecule has 2 aliphatic heterocycles. The average molecular weight is 559 g/mol. The number of hydrogen-bond acceptors (Lipinski definition) is 5. The Morgan fingerprint density at radius 1 is 1.12 bits per heavy atom. The topological polar surface area (TPSA) is 85.7 Å². The molecule has 1 unspecified atom stereocenters. The minimum absolute atomic E-state index is 0.124. The number of rotatable bonds is 10. The van der Waals surface area contributed by atoms with Crippen LogP contribution >= 0.6 is 0 Å². The van der Waals surface area contributed by atoms with Crippen LogP contribution in [0.1, 0.15) is 96.7 Å². The molecule has 0 bridgehead atoms. The van der Waals surface area contributed by atoms with E-state index in [9.17, 15) is 9.59 Å². The van der Waals surface area contributed by atoms with Crippen LogP contribution in [-0.2, 0) is 13.0 Å². The number of carbonyl (C=O) groups is 1. The smallest absolute Gasteiger partial charge is 0.253 e. The van der Waals surface area contributed by atoms with Crippen molar-refractivity contribution in [1.82, 2.24) is 24.8 Å². The number of carbonyl (C=O) groups excluding carboxylic acids is 1. The van der Waals surface area contributed by atoms with Gasteiger partial charge < -0.3 is 19.8 Å². The summed E-state index contributed by atoms with van der Waals surface area (Å²) in [4.78, 5) is 32.1. The summed E-state index contributed by atoms with van der Waals surface area (Å²) in [6, 6.07) is 6.58. The van der Waals surface area contributed by atoms with Gasteiger partial charge in [0, 0.05) is 78.3 Å². The number of benzene rings is 1. The normalized spacial score (nSPS) is 17.7. The molecule has 220 valence electrons. The van der Waals surface area contributed by atoms with Crippen molar-refractivity contribution in [1.29, 1.82) is 0 Å². The van der Waals surface area contributed by atoms with E-state index in [0.29, 0.717) is 11.1 Å². The molecule has 2 N–H and O–H groups in total. The minimum Gasteiger partial charge on any atom is -0.348 e. The first kappa shape index (κ1) is 29.1. The van der Waals surface area contributed by atoms with Gasteiger partial charge in [-0.25, -0.2) is 0 Å². The summed E-state index contributed by atoms with van der Waals surface area (Å²) in [5.41, 5.74) is 6.28. The Labute approximate surface area is 243 Å². The van der Waals surface area contributed by atoms with Crippen LogP contribution in [0.2, 0.25) is 0 Å². The number of fused-ring (bicyclic) bond motifs is 1. The molecular formula is C33H46N6O2. The number of aryl methyl sites for hydroxylation is 3. The lowest BCUT2D eigenvalue weighted by molar-refractivity contribution is 0.0952. The van der Waals surface area contributed by atoms with Crippen LogP contribution in [0.3, 0.4) is 0 Å². The molecule has 0 radical (unpaired) electrons. The van der Waals surface area contributed by atoms with E-state index in [1.165, 1.54) is 32.4 Å². The number of aromatic amines is 1. The molecule has 1 amide bonds. The predicted octanol–water partition coefficient (Wildman–Crippen LogP) is 5.28. The molecule has 3 aromatic rings. The molecule has 1 saturated heterocycles. The molecular weight excluding hydrogens is 512 g/mol. The quantitative estimate of drug-likeness (QED) is 0.355. The Kier molecular flexibility index (Phi) is 8.97. The summed E-state index contributed by atoms with van der Waals surface area (Å²) >= 11 is 0. The lowest BCUT2D eigenvalue weighted by atomic mass is 9.94. The number of likely N-dealkylation sites (tertiary alicyclic amines) is 1. The Morgan fingerprint density at radius 3 is 2.63 bits per heavy atom. The van der Waals surface area contributed by atoms with Crippen LogP contribution < -0.4 is 10.9 Å². The summed E-state index contributed by atoms with van der Waals surface area (Å²) in [5, 5.41) is 11.0. The number of amides is 1. The van der Waals surface area contributed by atoms with Gasteiger partial charge in [0.05, 0.1) is 0 Å². The van der Waals surface area contributed by atoms with Crippen LogP contribution in [0, 0.1) is 13.8 Å². The number of H-pyrrole nitrogens is 1. The third kappa shape index (κ3) is 6.43. The maximum Gasteiger partial charge on any atom is 0.253 e. The fourth-order valence-corrected chi connectivity index (χ4v) is 6.44. The van der Waals surface area contributed by atoms with E-state index in [4.69, 9.17) is 5.10 Å². The van der Waals surface area contributed by atoms with Gasteiger partial charge in [-0.05, 0) is 94.9 Å². The third-order valence-corrected chi connectivity index (χ3v) is 8.62. The summed E-state index contributed by atoms with van der Waals surface area (Å²) in [6.45, 7) is 15.8. The number of nitrogens with zero attached hydrogens (tertiary/aromatic N) is 4. The number of nitrogens with one attached hydrogen (secondary N) is 2. The van der Waals surface area contributed by atoms with Crippen molar-refractivity contribution >= 4 is 23.0 Å². The molecule has 0 spiro atoms. The van der Waals surface area contributed by atoms with Gasteiger partial charge in [0.25, 0.3) is 11.5 Å². The fourth-order valence-electron chi connectivity index (χ4n) is 6.44. The molecule has 2 aliphatic rings. The first-order valence-electron chi connectivity index (χ1n) is 15.4. The second-order valence-corrected chi connectivity index (χ2v) is 12.2. The van der Waals surface area contributed by atoms with Crippen molar-refractivity contribution in [2.24, 2.45) is 5.10 Å². The first-order chi connectivity index (χ1) is 19.7. The van der Waals surface area contributed by atoms with Crippen molar-refractivity contribution in [2.75, 3.05) is 32.7 Å². The molecule has 2 aromatic heterocycles. The molecule has 41 heavy (non-hydrogen) atoms. The lowest BCUT2D eigenvalue weighted by Crippen LogP contribution is -2.36. The van der Waals surface area contributed by atoms with E-state index in [1.807, 2.05) is 25.3 Å². The standard InChI is InChI=1S/C33H46N6O2/c1-6-10-25-15-24(5)36-33(41)29(25)19-34-32(40)28-16-26(17-30-31(28)23(4)20-39(30)22(2)3)27-18-35-38(21-27)14-13-37-11-8-7-9-12-37/h15-18,20,22,27H,6-14,19,21H2,1-5H3,(H,34,40)(H,36,41). The summed E-state index contributed by atoms with van der Waals surface area (Å²) in [7, 11) is 0. The molecule has 1 atom stereocenters. The number of hydrogen-bond donors (Lipinski definition) is 2. The van der Waals surface area contributed by atoms with Crippen LogP contribution in [0.15, 0.2) is 34.3 Å². The van der Waals surface area contributed by atoms with E-state index in [2.05, 4.69) is 64.7 Å². The van der Waals surface area contributed by atoms with Gasteiger partial charge in [0.1, 0.15) is 0 Å². The highest BCUT2D eigenvalue weighted by Crippen LogP contribution is 2.32. The van der Waals surface area contributed by atoms with Gasteiger partial charge in [-0.2, -0.15) is 5.10 Å². The van der Waals surface area contributed by atoms with E-state index >= 15 is 0 Å². The molecule has 5 rings (SSSR count). The van der Waals surface area contributed by atoms with Crippen molar-refractivity contribution in [3.63, 3.8) is 0 Å². The number of piperidine rings is 1. The second kappa shape index (κ2) is 12.6. The van der Waals surface area contributed by atoms with E-state index in [0.717, 1.165) is 65.8 Å². The lowest BCUT2D eigenvalue weighted by Gasteiger charge is -2.28. The number of aromatic nitrogens is 2. The molecule has 4 heterocycles. The van der Waals surface area contributed by atoms with Crippen molar-refractivity contribution in [3.05, 3.63) is 68.3 Å². The Morgan fingerprint density at radius 2 is 1.90 bits per heavy atom. The third-order valence-electron chi connectivity index (χ3n) is 8.62. The predicted molar refractivity (Wildman–Crippen MR) is 167 cm³/mol. The van der Waals surface area contributed by atoms with Crippen molar-refractivity contribution < 1.29 is 4.79 Å². The Hall–Kier alpha value is -3.39. The van der Waals surface area contributed by atoms with Crippen LogP contribution in [0.25, 0.3) is 10.9 Å². The van der Waals surface area contributed by atoms with Gasteiger partial charge in [0.15, 0.2) is 0 Å². The van der Waals surface area contributed by atoms with Gasteiger partial charge in [-0.1, -0.05) is 19.8 Å². The summed E-state index contributed by atoms with van der Waals surface area (Å²) < 4.78 is 2.26. The zero-order valence-electron chi connectivity index (χ0n) is 25.4. The van der Waals surface area contributed by atoms with E-state index in [1.54, 1.807) is 0 Å². The van der Waals surface area contributed by atoms with Crippen LogP contribution in [0.5, 0.6) is 0 Å². The van der Waals surface area contributed by atoms with E-state index in [-0.39, 0.29) is 30.0 Å². The monoisotopic (exact) mass is 558 g/mol. The Balaban J connectivity index is 1.40. The zero-order valence-corrected chi connectivity index (χ0v) is 25.4. The second-order valence-electron chi connectivity index (χ2n) is 12.2. The van der Waals surface area contributed by atoms with Gasteiger partial charge >= 0.3 is 0 Å². The van der Waals surface area contributed by atoms with Gasteiger partial charge in [0.2, 0.25) is 0 Å². The molecule has 1 fully saturated rings. The van der Waals surface area contributed by atoms with Crippen molar-refractivity contribution in [3.8, 4) is 0 Å². The van der Waals surface area contributed by atoms with Crippen LogP contribution in [0.4, 0.5) is 0 Å². The molecule has 8 nitrogen and oxygen atoms in total. The molecule has 1 aromatic carbocycles. The number of pyridine rings is 1. The van der Waals surface area contributed by atoms with Gasteiger partial charge in [-0.3, -0.25) is 14.6 Å². The fraction of sp³-hybridized carbons (Fsp3) is 0.545. The maximum atomic E-state index is 13.8. The van der Waals surface area contributed by atoms with Crippen LogP contribution in [-0.4, -0.2) is 64.3 Å². The highest BCUT2D eigenvalue weighted by molar-refractivity contribution is 6.08. The highest BCUT2D eigenvalue weighted by Gasteiger charge is 2.25. The minimum atomic E-state index is -0.152. The summed E-state index contributed by atoms with van der Waals surface area (Å²) in [5.74, 6) is -0.0278. The zero-order chi connectivity index (χ0) is 29.1. The Bertz CT molecular complexity index is 1480. The summed E-state index contributed by atoms with van der Waals surface area (Å²) in [6.07, 6.45) is 9.87.